The number of carbonyl (C=O) groups excluding carboxylic acids is 1. The lowest BCUT2D eigenvalue weighted by molar-refractivity contribution is -0.136. The van der Waals surface area contributed by atoms with Crippen LogP contribution in [0.2, 0.25) is 0 Å². The van der Waals surface area contributed by atoms with Crippen LogP contribution in [0, 0.1) is 19.8 Å². The lowest BCUT2D eigenvalue weighted by Crippen LogP contribution is -2.40. The Labute approximate surface area is 174 Å². The Hall–Kier alpha value is -3.29. The molecular weight excluding hydrogens is 380 g/mol. The van der Waals surface area contributed by atoms with Crippen LogP contribution < -0.4 is 0 Å². The third-order valence-electron chi connectivity index (χ3n) is 6.10. The fourth-order valence-electron chi connectivity index (χ4n) is 4.41. The minimum absolute atomic E-state index is 0.104. The largest absolute Gasteiger partial charge is 0.338 e. The molecule has 30 heavy (non-hydrogen) atoms. The first-order chi connectivity index (χ1) is 14.6. The van der Waals surface area contributed by atoms with Crippen molar-refractivity contribution >= 4 is 5.91 Å². The predicted molar refractivity (Wildman–Crippen MR) is 110 cm³/mol. The smallest absolute Gasteiger partial charge is 0.261 e. The van der Waals surface area contributed by atoms with Gasteiger partial charge in [0, 0.05) is 42.2 Å². The normalized spacial score (nSPS) is 18.5. The van der Waals surface area contributed by atoms with Crippen LogP contribution in [0.25, 0.3) is 22.8 Å². The van der Waals surface area contributed by atoms with Gasteiger partial charge in [-0.25, -0.2) is 0 Å². The molecule has 0 saturated heterocycles. The molecular formula is C22H24N6O2. The van der Waals surface area contributed by atoms with Crippen LogP contribution in [0.1, 0.15) is 41.8 Å². The number of aromatic nitrogens is 5. The van der Waals surface area contributed by atoms with Gasteiger partial charge in [0.15, 0.2) is 0 Å². The lowest BCUT2D eigenvalue weighted by Gasteiger charge is -2.33. The van der Waals surface area contributed by atoms with Crippen LogP contribution in [0.3, 0.4) is 0 Å². The monoisotopic (exact) mass is 404 g/mol. The Kier molecular flexibility index (Phi) is 4.69. The number of nitrogens with zero attached hydrogens (tertiary/aromatic N) is 5. The molecule has 3 aromatic heterocycles. The average Bonchev–Trinajstić information content (AvgIpc) is 3.42. The molecule has 1 aliphatic carbocycles. The molecule has 1 aliphatic heterocycles. The van der Waals surface area contributed by atoms with E-state index in [4.69, 9.17) is 4.52 Å². The van der Waals surface area contributed by atoms with Gasteiger partial charge in [-0.3, -0.25) is 14.9 Å². The maximum atomic E-state index is 13.0. The van der Waals surface area contributed by atoms with Crippen LogP contribution in [-0.2, 0) is 17.8 Å². The zero-order valence-corrected chi connectivity index (χ0v) is 17.2. The molecule has 8 heteroatoms. The summed E-state index contributed by atoms with van der Waals surface area (Å²) < 4.78 is 5.51. The third kappa shape index (κ3) is 3.22. The molecule has 3 aromatic rings. The van der Waals surface area contributed by atoms with Gasteiger partial charge in [0.2, 0.25) is 11.7 Å². The average molecular weight is 404 g/mol. The molecule has 0 aromatic carbocycles. The topological polar surface area (TPSA) is 101 Å². The molecule has 2 aliphatic rings. The zero-order chi connectivity index (χ0) is 20.7. The highest BCUT2D eigenvalue weighted by Crippen LogP contribution is 2.33. The highest BCUT2D eigenvalue weighted by Gasteiger charge is 2.30. The maximum absolute atomic E-state index is 13.0. The highest BCUT2D eigenvalue weighted by molar-refractivity contribution is 5.80. The highest BCUT2D eigenvalue weighted by atomic mass is 16.5. The van der Waals surface area contributed by atoms with Crippen LogP contribution in [-0.4, -0.2) is 42.7 Å². The number of hydrogen-bond donors (Lipinski definition) is 1. The van der Waals surface area contributed by atoms with E-state index in [-0.39, 0.29) is 11.8 Å². The number of nitrogens with one attached hydrogen (secondary N) is 1. The van der Waals surface area contributed by atoms with Gasteiger partial charge in [-0.15, -0.1) is 0 Å². The van der Waals surface area contributed by atoms with Crippen molar-refractivity contribution in [1.29, 1.82) is 0 Å². The SMILES string of the molecule is Cc1ncc2c(c1-c1noc(-c3cn[nH]c3C)n1)CCN(C(=O)[C@@H]1CC=CCC1)C2. The van der Waals surface area contributed by atoms with Gasteiger partial charge in [-0.2, -0.15) is 10.1 Å². The first-order valence-electron chi connectivity index (χ1n) is 10.4. The van der Waals surface area contributed by atoms with Gasteiger partial charge < -0.3 is 9.42 Å². The molecule has 0 saturated carbocycles. The molecule has 1 amide bonds. The molecule has 0 radical (unpaired) electrons. The number of fused-ring (bicyclic) bond motifs is 1. The first kappa shape index (κ1) is 18.7. The van der Waals surface area contributed by atoms with E-state index in [0.29, 0.717) is 24.8 Å². The van der Waals surface area contributed by atoms with E-state index in [2.05, 4.69) is 37.5 Å². The second-order valence-electron chi connectivity index (χ2n) is 8.05. The van der Waals surface area contributed by atoms with Crippen molar-refractivity contribution in [2.24, 2.45) is 5.92 Å². The number of H-pyrrole nitrogens is 1. The molecule has 1 atom stereocenters. The number of carbonyl (C=O) groups is 1. The zero-order valence-electron chi connectivity index (χ0n) is 17.2. The number of pyridine rings is 1. The van der Waals surface area contributed by atoms with E-state index in [1.165, 1.54) is 0 Å². The van der Waals surface area contributed by atoms with Gasteiger partial charge in [0.25, 0.3) is 5.89 Å². The Morgan fingerprint density at radius 1 is 1.27 bits per heavy atom. The van der Waals surface area contributed by atoms with Crippen LogP contribution >= 0.6 is 0 Å². The second kappa shape index (κ2) is 7.51. The summed E-state index contributed by atoms with van der Waals surface area (Å²) in [5.74, 6) is 1.33. The summed E-state index contributed by atoms with van der Waals surface area (Å²) in [7, 11) is 0. The molecule has 8 nitrogen and oxygen atoms in total. The Morgan fingerprint density at radius 2 is 2.17 bits per heavy atom. The van der Waals surface area contributed by atoms with Crippen LogP contribution in [0.4, 0.5) is 0 Å². The molecule has 0 unspecified atom stereocenters. The Balaban J connectivity index is 1.44. The summed E-state index contributed by atoms with van der Waals surface area (Å²) in [4.78, 5) is 24.1. The van der Waals surface area contributed by atoms with Crippen molar-refractivity contribution in [3.8, 4) is 22.8 Å². The second-order valence-corrected chi connectivity index (χ2v) is 8.05. The van der Waals surface area contributed by atoms with E-state index in [9.17, 15) is 4.79 Å². The first-order valence-corrected chi connectivity index (χ1v) is 10.4. The molecule has 0 spiro atoms. The van der Waals surface area contributed by atoms with Gasteiger partial charge in [-0.05, 0) is 50.7 Å². The molecule has 0 bridgehead atoms. The summed E-state index contributed by atoms with van der Waals surface area (Å²) in [5, 5.41) is 11.1. The predicted octanol–water partition coefficient (Wildman–Crippen LogP) is 3.38. The van der Waals surface area contributed by atoms with Crippen molar-refractivity contribution in [2.45, 2.75) is 46.1 Å². The third-order valence-corrected chi connectivity index (χ3v) is 6.10. The van der Waals surface area contributed by atoms with Crippen LogP contribution in [0.15, 0.2) is 29.1 Å². The molecule has 5 rings (SSSR count). The molecule has 1 N–H and O–H groups in total. The standard InChI is InChI=1S/C22H24N6O2/c1-13-18(11-24-26-13)21-25-20(27-30-21)19-14(2)23-10-16-12-28(9-8-17(16)19)22(29)15-6-4-3-5-7-15/h3-4,10-11,15H,5-9,12H2,1-2H3,(H,24,26)/t15-/m1/s1. The quantitative estimate of drug-likeness (QED) is 0.672. The van der Waals surface area contributed by atoms with E-state index >= 15 is 0 Å². The van der Waals surface area contributed by atoms with E-state index < -0.39 is 0 Å². The van der Waals surface area contributed by atoms with Gasteiger partial charge in [0.05, 0.1) is 11.8 Å². The number of allylic oxidation sites excluding steroid dienone is 2. The van der Waals surface area contributed by atoms with E-state index in [0.717, 1.165) is 59.3 Å². The molecule has 4 heterocycles. The molecule has 154 valence electrons. The number of rotatable bonds is 3. The number of hydrogen-bond acceptors (Lipinski definition) is 6. The molecule has 0 fully saturated rings. The summed E-state index contributed by atoms with van der Waals surface area (Å²) in [5.41, 5.74) is 5.67. The van der Waals surface area contributed by atoms with Gasteiger partial charge in [-0.1, -0.05) is 17.3 Å². The van der Waals surface area contributed by atoms with Crippen molar-refractivity contribution in [1.82, 2.24) is 30.2 Å². The van der Waals surface area contributed by atoms with Crippen molar-refractivity contribution in [3.63, 3.8) is 0 Å². The lowest BCUT2D eigenvalue weighted by atomic mass is 9.90. The summed E-state index contributed by atoms with van der Waals surface area (Å²) in [6, 6.07) is 0. The Bertz CT molecular complexity index is 1130. The number of aromatic amines is 1. The van der Waals surface area contributed by atoms with Crippen molar-refractivity contribution < 1.29 is 9.32 Å². The summed E-state index contributed by atoms with van der Waals surface area (Å²) >= 11 is 0. The fourth-order valence-corrected chi connectivity index (χ4v) is 4.41. The number of aryl methyl sites for hydroxylation is 2. The maximum Gasteiger partial charge on any atom is 0.261 e. The van der Waals surface area contributed by atoms with Gasteiger partial charge >= 0.3 is 0 Å². The summed E-state index contributed by atoms with van der Waals surface area (Å²) in [6.07, 6.45) is 11.4. The minimum atomic E-state index is 0.104. The summed E-state index contributed by atoms with van der Waals surface area (Å²) in [6.45, 7) is 5.16. The van der Waals surface area contributed by atoms with Crippen molar-refractivity contribution in [3.05, 3.63) is 47.1 Å². The minimum Gasteiger partial charge on any atom is -0.338 e. The van der Waals surface area contributed by atoms with Crippen LogP contribution in [0.5, 0.6) is 0 Å². The van der Waals surface area contributed by atoms with Crippen molar-refractivity contribution in [2.75, 3.05) is 6.54 Å². The number of amides is 1. The van der Waals surface area contributed by atoms with E-state index in [1.807, 2.05) is 24.9 Å². The van der Waals surface area contributed by atoms with Gasteiger partial charge in [0.1, 0.15) is 0 Å². The Morgan fingerprint density at radius 3 is 2.93 bits per heavy atom. The van der Waals surface area contributed by atoms with E-state index in [1.54, 1.807) is 6.20 Å². The fraction of sp³-hybridized carbons (Fsp3) is 0.409.